The van der Waals surface area contributed by atoms with Gasteiger partial charge in [-0.05, 0) is 40.4 Å². The Bertz CT molecular complexity index is 325. The first-order valence-corrected chi connectivity index (χ1v) is 7.87. The maximum atomic E-state index is 5.40. The summed E-state index contributed by atoms with van der Waals surface area (Å²) in [5.41, 5.74) is -0.188. The van der Waals surface area contributed by atoms with Crippen molar-refractivity contribution in [1.29, 1.82) is 0 Å². The van der Waals surface area contributed by atoms with Crippen molar-refractivity contribution in [3.8, 4) is 0 Å². The van der Waals surface area contributed by atoms with E-state index in [9.17, 15) is 0 Å². The Balaban J connectivity index is 0.00000441. The molecule has 1 fully saturated rings. The van der Waals surface area contributed by atoms with E-state index >= 15 is 0 Å². The average molecular weight is 427 g/mol. The SMILES string of the molecule is CN=C(NCCN1CCCN(C)CC1)NCC(C)(C)OC.I. The van der Waals surface area contributed by atoms with Crippen molar-refractivity contribution < 1.29 is 4.74 Å². The molecular formula is C15H34IN5O. The minimum atomic E-state index is -0.188. The zero-order valence-corrected chi connectivity index (χ0v) is 17.1. The van der Waals surface area contributed by atoms with Gasteiger partial charge in [-0.15, -0.1) is 24.0 Å². The molecule has 1 aliphatic heterocycles. The highest BCUT2D eigenvalue weighted by atomic mass is 127. The van der Waals surface area contributed by atoms with Gasteiger partial charge in [0.15, 0.2) is 5.96 Å². The van der Waals surface area contributed by atoms with Gasteiger partial charge < -0.3 is 25.2 Å². The van der Waals surface area contributed by atoms with E-state index in [-0.39, 0.29) is 29.6 Å². The molecule has 1 saturated heterocycles. The summed E-state index contributed by atoms with van der Waals surface area (Å²) in [5, 5.41) is 6.68. The molecule has 0 aliphatic carbocycles. The average Bonchev–Trinajstić information content (AvgIpc) is 2.67. The van der Waals surface area contributed by atoms with Gasteiger partial charge in [0, 0.05) is 46.9 Å². The number of guanidine groups is 1. The maximum Gasteiger partial charge on any atom is 0.191 e. The van der Waals surface area contributed by atoms with E-state index in [1.165, 1.54) is 19.5 Å². The highest BCUT2D eigenvalue weighted by Gasteiger charge is 2.16. The fourth-order valence-electron chi connectivity index (χ4n) is 2.25. The fourth-order valence-corrected chi connectivity index (χ4v) is 2.25. The van der Waals surface area contributed by atoms with Gasteiger partial charge in [0.1, 0.15) is 0 Å². The van der Waals surface area contributed by atoms with Gasteiger partial charge in [-0.1, -0.05) is 0 Å². The van der Waals surface area contributed by atoms with Crippen LogP contribution in [-0.4, -0.2) is 88.4 Å². The third kappa shape index (κ3) is 9.12. The second-order valence-corrected chi connectivity index (χ2v) is 6.31. The predicted molar refractivity (Wildman–Crippen MR) is 104 cm³/mol. The minimum Gasteiger partial charge on any atom is -0.377 e. The van der Waals surface area contributed by atoms with Gasteiger partial charge in [-0.3, -0.25) is 4.99 Å². The van der Waals surface area contributed by atoms with Crippen LogP contribution < -0.4 is 10.6 Å². The number of methoxy groups -OCH3 is 1. The summed E-state index contributed by atoms with van der Waals surface area (Å²) in [6, 6.07) is 0. The molecule has 0 aromatic carbocycles. The standard InChI is InChI=1S/C15H33N5O.HI/c1-15(2,21-5)13-18-14(16-3)17-7-10-20-9-6-8-19(4)11-12-20;/h6-13H2,1-5H3,(H2,16,17,18);1H. The van der Waals surface area contributed by atoms with Gasteiger partial charge >= 0.3 is 0 Å². The van der Waals surface area contributed by atoms with Crippen molar-refractivity contribution in [3.05, 3.63) is 0 Å². The Morgan fingerprint density at radius 2 is 1.91 bits per heavy atom. The highest BCUT2D eigenvalue weighted by Crippen LogP contribution is 2.04. The van der Waals surface area contributed by atoms with Gasteiger partial charge in [-0.25, -0.2) is 0 Å². The Hall–Kier alpha value is -0.120. The van der Waals surface area contributed by atoms with Crippen LogP contribution >= 0.6 is 24.0 Å². The summed E-state index contributed by atoms with van der Waals surface area (Å²) in [6.45, 7) is 11.5. The number of halogens is 1. The summed E-state index contributed by atoms with van der Waals surface area (Å²) in [6.07, 6.45) is 1.26. The first-order chi connectivity index (χ1) is 9.96. The molecule has 0 aromatic rings. The van der Waals surface area contributed by atoms with Gasteiger partial charge in [-0.2, -0.15) is 0 Å². The molecule has 1 rings (SSSR count). The third-order valence-electron chi connectivity index (χ3n) is 3.99. The number of nitrogens with zero attached hydrogens (tertiary/aromatic N) is 3. The van der Waals surface area contributed by atoms with Crippen LogP contribution in [-0.2, 0) is 4.74 Å². The van der Waals surface area contributed by atoms with Crippen LogP contribution in [0.5, 0.6) is 0 Å². The summed E-state index contributed by atoms with van der Waals surface area (Å²) in [7, 11) is 5.73. The predicted octanol–water partition coefficient (Wildman–Crippen LogP) is 0.832. The molecule has 0 spiro atoms. The molecule has 6 nitrogen and oxygen atoms in total. The van der Waals surface area contributed by atoms with Crippen LogP contribution in [0.3, 0.4) is 0 Å². The largest absolute Gasteiger partial charge is 0.377 e. The molecular weight excluding hydrogens is 393 g/mol. The van der Waals surface area contributed by atoms with Gasteiger partial charge in [0.25, 0.3) is 0 Å². The molecule has 0 saturated carbocycles. The summed E-state index contributed by atoms with van der Waals surface area (Å²) >= 11 is 0. The lowest BCUT2D eigenvalue weighted by molar-refractivity contribution is 0.0268. The second kappa shape index (κ2) is 11.4. The van der Waals surface area contributed by atoms with E-state index in [0.717, 1.165) is 38.7 Å². The maximum absolute atomic E-state index is 5.40. The highest BCUT2D eigenvalue weighted by molar-refractivity contribution is 14.0. The molecule has 0 amide bonds. The van der Waals surface area contributed by atoms with E-state index in [1.807, 2.05) is 0 Å². The van der Waals surface area contributed by atoms with Crippen LogP contribution in [0.4, 0.5) is 0 Å². The van der Waals surface area contributed by atoms with Crippen LogP contribution in [0.25, 0.3) is 0 Å². The first-order valence-electron chi connectivity index (χ1n) is 7.87. The number of hydrogen-bond acceptors (Lipinski definition) is 4. The zero-order chi connectivity index (χ0) is 15.7. The lowest BCUT2D eigenvalue weighted by Gasteiger charge is -2.25. The molecule has 2 N–H and O–H groups in total. The van der Waals surface area contributed by atoms with Crippen molar-refractivity contribution in [2.24, 2.45) is 4.99 Å². The van der Waals surface area contributed by atoms with E-state index in [2.05, 4.69) is 46.3 Å². The topological polar surface area (TPSA) is 52.1 Å². The summed E-state index contributed by atoms with van der Waals surface area (Å²) in [5.74, 6) is 0.840. The monoisotopic (exact) mass is 427 g/mol. The van der Waals surface area contributed by atoms with E-state index in [4.69, 9.17) is 4.74 Å². The molecule has 132 valence electrons. The van der Waals surface area contributed by atoms with Crippen LogP contribution in [0, 0.1) is 0 Å². The van der Waals surface area contributed by atoms with Crippen molar-refractivity contribution in [2.45, 2.75) is 25.9 Å². The number of rotatable bonds is 6. The van der Waals surface area contributed by atoms with Crippen LogP contribution in [0.1, 0.15) is 20.3 Å². The lowest BCUT2D eigenvalue weighted by Crippen LogP contribution is -2.47. The van der Waals surface area contributed by atoms with Gasteiger partial charge in [0.05, 0.1) is 5.60 Å². The van der Waals surface area contributed by atoms with E-state index in [1.54, 1.807) is 14.2 Å². The van der Waals surface area contributed by atoms with Crippen LogP contribution in [0.2, 0.25) is 0 Å². The zero-order valence-electron chi connectivity index (χ0n) is 14.8. The quantitative estimate of drug-likeness (QED) is 0.374. The number of ether oxygens (including phenoxy) is 1. The molecule has 0 atom stereocenters. The van der Waals surface area contributed by atoms with E-state index in [0.29, 0.717) is 0 Å². The normalized spacial score (nSPS) is 18.5. The molecule has 22 heavy (non-hydrogen) atoms. The molecule has 1 heterocycles. The molecule has 0 unspecified atom stereocenters. The van der Waals surface area contributed by atoms with Crippen LogP contribution in [0.15, 0.2) is 4.99 Å². The molecule has 0 radical (unpaired) electrons. The number of nitrogens with one attached hydrogen (secondary N) is 2. The first kappa shape index (κ1) is 21.9. The second-order valence-electron chi connectivity index (χ2n) is 6.31. The summed E-state index contributed by atoms with van der Waals surface area (Å²) < 4.78 is 5.40. The lowest BCUT2D eigenvalue weighted by atomic mass is 10.1. The van der Waals surface area contributed by atoms with Crippen molar-refractivity contribution in [3.63, 3.8) is 0 Å². The number of likely N-dealkylation sites (N-methyl/N-ethyl adjacent to an activating group) is 1. The molecule has 0 bridgehead atoms. The Morgan fingerprint density at radius 3 is 2.55 bits per heavy atom. The van der Waals surface area contributed by atoms with Crippen molar-refractivity contribution in [2.75, 3.05) is 67.0 Å². The Morgan fingerprint density at radius 1 is 1.18 bits per heavy atom. The third-order valence-corrected chi connectivity index (χ3v) is 3.99. The Kier molecular flexibility index (Phi) is 11.4. The van der Waals surface area contributed by atoms with E-state index < -0.39 is 0 Å². The fraction of sp³-hybridized carbons (Fsp3) is 0.933. The molecule has 1 aliphatic rings. The minimum absolute atomic E-state index is 0. The molecule has 7 heteroatoms. The van der Waals surface area contributed by atoms with Crippen molar-refractivity contribution in [1.82, 2.24) is 20.4 Å². The smallest absolute Gasteiger partial charge is 0.191 e. The van der Waals surface area contributed by atoms with Crippen molar-refractivity contribution >= 4 is 29.9 Å². The van der Waals surface area contributed by atoms with Gasteiger partial charge in [0.2, 0.25) is 0 Å². The number of aliphatic imine (C=N–C) groups is 1. The summed E-state index contributed by atoms with van der Waals surface area (Å²) in [4.78, 5) is 9.17. The molecule has 0 aromatic heterocycles. The Labute approximate surface area is 153 Å². The number of hydrogen-bond donors (Lipinski definition) is 2.